The fourth-order valence-electron chi connectivity index (χ4n) is 2.84. The summed E-state index contributed by atoms with van der Waals surface area (Å²) in [6.45, 7) is 4.17. The van der Waals surface area contributed by atoms with Gasteiger partial charge < -0.3 is 5.32 Å². The zero-order valence-corrected chi connectivity index (χ0v) is 17.9. The van der Waals surface area contributed by atoms with Gasteiger partial charge in [0.2, 0.25) is 10.0 Å². The van der Waals surface area contributed by atoms with E-state index in [2.05, 4.69) is 15.1 Å². The zero-order chi connectivity index (χ0) is 21.6. The number of rotatable bonds is 9. The third-order valence-electron chi connectivity index (χ3n) is 4.75. The molecule has 3 aromatic rings. The van der Waals surface area contributed by atoms with Crippen LogP contribution in [0.1, 0.15) is 36.2 Å². The van der Waals surface area contributed by atoms with Gasteiger partial charge in [0, 0.05) is 24.3 Å². The maximum atomic E-state index is 12.3. The van der Waals surface area contributed by atoms with Crippen LogP contribution in [0.3, 0.4) is 0 Å². The van der Waals surface area contributed by atoms with Crippen LogP contribution in [0.5, 0.6) is 0 Å². The molecule has 0 radical (unpaired) electrons. The van der Waals surface area contributed by atoms with E-state index in [1.165, 1.54) is 24.3 Å². The number of nitrogens with zero attached hydrogens (tertiary/aromatic N) is 2. The minimum Gasteiger partial charge on any atom is -0.352 e. The topological polar surface area (TPSA) is 93.1 Å². The van der Waals surface area contributed by atoms with E-state index in [9.17, 15) is 13.2 Å². The second-order valence-electron chi connectivity index (χ2n) is 7.09. The number of benzene rings is 2. The summed E-state index contributed by atoms with van der Waals surface area (Å²) in [5.74, 6) is -0.246. The Morgan fingerprint density at radius 2 is 1.80 bits per heavy atom. The maximum Gasteiger partial charge on any atom is 0.251 e. The summed E-state index contributed by atoms with van der Waals surface area (Å²) in [5.41, 5.74) is 2.40. The summed E-state index contributed by atoms with van der Waals surface area (Å²) in [6.07, 6.45) is 5.06. The molecule has 0 saturated heterocycles. The molecule has 0 fully saturated rings. The quantitative estimate of drug-likeness (QED) is 0.550. The number of hydrogen-bond acceptors (Lipinski definition) is 4. The van der Waals surface area contributed by atoms with Crippen molar-refractivity contribution in [3.63, 3.8) is 0 Å². The fourth-order valence-corrected chi connectivity index (χ4v) is 4.16. The average molecular weight is 427 g/mol. The Hall–Kier alpha value is -2.97. The summed E-state index contributed by atoms with van der Waals surface area (Å²) in [7, 11) is -3.58. The van der Waals surface area contributed by atoms with Gasteiger partial charge in [-0.1, -0.05) is 25.1 Å². The molecule has 1 atom stereocenters. The van der Waals surface area contributed by atoms with Gasteiger partial charge in [0.1, 0.15) is 0 Å². The van der Waals surface area contributed by atoms with Crippen LogP contribution in [0.15, 0.2) is 71.9 Å². The van der Waals surface area contributed by atoms with Crippen LogP contribution in [-0.4, -0.2) is 36.7 Å². The van der Waals surface area contributed by atoms with Gasteiger partial charge in [-0.3, -0.25) is 4.79 Å². The minimum absolute atomic E-state index is 0.146. The maximum absolute atomic E-state index is 12.3. The fraction of sp³-hybridized carbons (Fsp3) is 0.273. The number of amides is 1. The van der Waals surface area contributed by atoms with Crippen molar-refractivity contribution in [3.8, 4) is 5.69 Å². The lowest BCUT2D eigenvalue weighted by Crippen LogP contribution is -2.32. The van der Waals surface area contributed by atoms with Crippen LogP contribution in [0.25, 0.3) is 5.69 Å². The lowest BCUT2D eigenvalue weighted by atomic mass is 10.2. The first kappa shape index (κ1) is 21.7. The van der Waals surface area contributed by atoms with Crippen LogP contribution < -0.4 is 10.0 Å². The second-order valence-corrected chi connectivity index (χ2v) is 8.80. The molecule has 30 heavy (non-hydrogen) atoms. The summed E-state index contributed by atoms with van der Waals surface area (Å²) in [5, 5.41) is 7.20. The highest BCUT2D eigenvalue weighted by atomic mass is 32.2. The molecule has 8 heteroatoms. The Labute approximate surface area is 177 Å². The second kappa shape index (κ2) is 9.69. The first-order chi connectivity index (χ1) is 14.4. The summed E-state index contributed by atoms with van der Waals surface area (Å²) in [6, 6.07) is 15.6. The average Bonchev–Trinajstić information content (AvgIpc) is 3.23. The van der Waals surface area contributed by atoms with Crippen molar-refractivity contribution in [2.24, 2.45) is 0 Å². The van der Waals surface area contributed by atoms with Crippen LogP contribution in [0, 0.1) is 0 Å². The lowest BCUT2D eigenvalue weighted by Gasteiger charge is -2.12. The van der Waals surface area contributed by atoms with E-state index in [4.69, 9.17) is 0 Å². The van der Waals surface area contributed by atoms with Gasteiger partial charge in [0.05, 0.1) is 16.8 Å². The molecule has 158 valence electrons. The predicted molar refractivity (Wildman–Crippen MR) is 116 cm³/mol. The number of carbonyl (C=O) groups excluding carboxylic acids is 1. The van der Waals surface area contributed by atoms with Crippen molar-refractivity contribution < 1.29 is 13.2 Å². The molecule has 1 heterocycles. The van der Waals surface area contributed by atoms with Gasteiger partial charge in [-0.2, -0.15) is 5.10 Å². The van der Waals surface area contributed by atoms with Crippen LogP contribution >= 0.6 is 0 Å². The molecule has 7 nitrogen and oxygen atoms in total. The molecule has 1 aromatic heterocycles. The van der Waals surface area contributed by atoms with Gasteiger partial charge >= 0.3 is 0 Å². The predicted octanol–water partition coefficient (Wildman–Crippen LogP) is 2.92. The van der Waals surface area contributed by atoms with Crippen molar-refractivity contribution in [1.82, 2.24) is 19.8 Å². The van der Waals surface area contributed by atoms with E-state index in [0.29, 0.717) is 24.9 Å². The van der Waals surface area contributed by atoms with E-state index >= 15 is 0 Å². The number of hydrogen-bond donors (Lipinski definition) is 2. The first-order valence-electron chi connectivity index (χ1n) is 9.88. The van der Waals surface area contributed by atoms with Gasteiger partial charge in [0.25, 0.3) is 5.91 Å². The third kappa shape index (κ3) is 5.55. The number of aromatic nitrogens is 2. The van der Waals surface area contributed by atoms with Crippen molar-refractivity contribution in [1.29, 1.82) is 0 Å². The van der Waals surface area contributed by atoms with Gasteiger partial charge in [-0.15, -0.1) is 0 Å². The Morgan fingerprint density at radius 3 is 2.47 bits per heavy atom. The molecular formula is C22H26N4O3S. The van der Waals surface area contributed by atoms with Gasteiger partial charge in [-0.05, 0) is 61.7 Å². The summed E-state index contributed by atoms with van der Waals surface area (Å²) < 4.78 is 29.0. The van der Waals surface area contributed by atoms with Crippen LogP contribution in [0.2, 0.25) is 0 Å². The smallest absolute Gasteiger partial charge is 0.251 e. The highest BCUT2D eigenvalue weighted by Crippen LogP contribution is 2.12. The van der Waals surface area contributed by atoms with E-state index in [1.807, 2.05) is 50.4 Å². The largest absolute Gasteiger partial charge is 0.352 e. The molecular weight excluding hydrogens is 400 g/mol. The standard InChI is InChI=1S/C22H26N4O3S/c1-3-17(2)25-30(28,29)21-11-9-19(10-12-21)22(27)23-14-13-18-15-24-26(16-18)20-7-5-4-6-8-20/h4-12,15-17,25H,3,13-14H2,1-2H3,(H,23,27). The van der Waals surface area contributed by atoms with Crippen LogP contribution in [-0.2, 0) is 16.4 Å². The Morgan fingerprint density at radius 1 is 1.10 bits per heavy atom. The van der Waals surface area contributed by atoms with Gasteiger partial charge in [-0.25, -0.2) is 17.8 Å². The number of para-hydroxylation sites is 1. The van der Waals surface area contributed by atoms with Crippen molar-refractivity contribution in [2.75, 3.05) is 6.54 Å². The van der Waals surface area contributed by atoms with Crippen LogP contribution in [0.4, 0.5) is 0 Å². The normalized spacial score (nSPS) is 12.5. The molecule has 1 amide bonds. The van der Waals surface area contributed by atoms with E-state index < -0.39 is 10.0 Å². The molecule has 0 aliphatic carbocycles. The molecule has 0 aliphatic rings. The Kier molecular flexibility index (Phi) is 7.02. The molecule has 0 saturated carbocycles. The Bertz CT molecular complexity index is 1080. The summed E-state index contributed by atoms with van der Waals surface area (Å²) >= 11 is 0. The number of sulfonamides is 1. The van der Waals surface area contributed by atoms with E-state index in [0.717, 1.165) is 11.3 Å². The van der Waals surface area contributed by atoms with Gasteiger partial charge in [0.15, 0.2) is 0 Å². The van der Waals surface area contributed by atoms with Crippen molar-refractivity contribution in [2.45, 2.75) is 37.6 Å². The zero-order valence-electron chi connectivity index (χ0n) is 17.1. The van der Waals surface area contributed by atoms with E-state index in [1.54, 1.807) is 10.9 Å². The highest BCUT2D eigenvalue weighted by molar-refractivity contribution is 7.89. The molecule has 2 aromatic carbocycles. The molecule has 3 rings (SSSR count). The highest BCUT2D eigenvalue weighted by Gasteiger charge is 2.17. The lowest BCUT2D eigenvalue weighted by molar-refractivity contribution is 0.0954. The third-order valence-corrected chi connectivity index (χ3v) is 6.36. The molecule has 0 bridgehead atoms. The first-order valence-corrected chi connectivity index (χ1v) is 11.4. The molecule has 0 spiro atoms. The van der Waals surface area contributed by atoms with Crippen molar-refractivity contribution in [3.05, 3.63) is 78.1 Å². The monoisotopic (exact) mass is 426 g/mol. The minimum atomic E-state index is -3.58. The molecule has 1 unspecified atom stereocenters. The molecule has 0 aliphatic heterocycles. The Balaban J connectivity index is 1.54. The van der Waals surface area contributed by atoms with Crippen molar-refractivity contribution >= 4 is 15.9 Å². The SMILES string of the molecule is CCC(C)NS(=O)(=O)c1ccc(C(=O)NCCc2cnn(-c3ccccc3)c2)cc1. The molecule has 2 N–H and O–H groups in total. The number of carbonyl (C=O) groups is 1. The summed E-state index contributed by atoms with van der Waals surface area (Å²) in [4.78, 5) is 12.5. The number of nitrogens with one attached hydrogen (secondary N) is 2. The van der Waals surface area contributed by atoms with E-state index in [-0.39, 0.29) is 16.8 Å².